The number of hydrogen-bond acceptors (Lipinski definition) is 6. The SMILES string of the molecule is Cc1ncc(CN2CCC(c3cc(F)cc4c3CN(C3CCC(=O)NC3=O)C4=O)CC2)o1. The van der Waals surface area contributed by atoms with Gasteiger partial charge in [-0.2, -0.15) is 0 Å². The fourth-order valence-electron chi connectivity index (χ4n) is 5.12. The molecule has 9 heteroatoms. The summed E-state index contributed by atoms with van der Waals surface area (Å²) in [5.74, 6) is 0.0649. The molecule has 0 bridgehead atoms. The van der Waals surface area contributed by atoms with E-state index in [1.165, 1.54) is 11.0 Å². The van der Waals surface area contributed by atoms with Crippen molar-refractivity contribution in [3.63, 3.8) is 0 Å². The molecule has 2 saturated heterocycles. The van der Waals surface area contributed by atoms with E-state index in [1.807, 2.05) is 6.92 Å². The van der Waals surface area contributed by atoms with Gasteiger partial charge in [0.15, 0.2) is 5.89 Å². The molecule has 0 saturated carbocycles. The smallest absolute Gasteiger partial charge is 0.255 e. The number of fused-ring (bicyclic) bond motifs is 1. The minimum atomic E-state index is -0.698. The first-order valence-electron chi connectivity index (χ1n) is 11.0. The lowest BCUT2D eigenvalue weighted by molar-refractivity contribution is -0.136. The van der Waals surface area contributed by atoms with Gasteiger partial charge in [-0.1, -0.05) is 0 Å². The minimum Gasteiger partial charge on any atom is -0.445 e. The molecular formula is C23H25FN4O4. The van der Waals surface area contributed by atoms with Crippen molar-refractivity contribution in [3.05, 3.63) is 52.5 Å². The Labute approximate surface area is 184 Å². The van der Waals surface area contributed by atoms with Crippen LogP contribution in [-0.4, -0.2) is 51.6 Å². The van der Waals surface area contributed by atoms with E-state index in [0.29, 0.717) is 24.4 Å². The number of likely N-dealkylation sites (tertiary alicyclic amines) is 1. The summed E-state index contributed by atoms with van der Waals surface area (Å²) in [5.41, 5.74) is 2.01. The molecule has 2 fully saturated rings. The van der Waals surface area contributed by atoms with E-state index in [9.17, 15) is 18.8 Å². The van der Waals surface area contributed by atoms with Crippen molar-refractivity contribution >= 4 is 17.7 Å². The number of nitrogens with zero attached hydrogens (tertiary/aromatic N) is 3. The zero-order chi connectivity index (χ0) is 22.4. The topological polar surface area (TPSA) is 95.8 Å². The van der Waals surface area contributed by atoms with E-state index < -0.39 is 17.8 Å². The van der Waals surface area contributed by atoms with Gasteiger partial charge in [0, 0.05) is 25.5 Å². The Morgan fingerprint density at radius 3 is 2.66 bits per heavy atom. The van der Waals surface area contributed by atoms with Crippen molar-refractivity contribution < 1.29 is 23.2 Å². The lowest BCUT2D eigenvalue weighted by Gasteiger charge is -2.32. The molecule has 5 rings (SSSR count). The molecule has 0 aliphatic carbocycles. The Bertz CT molecular complexity index is 1090. The first-order chi connectivity index (χ1) is 15.4. The Kier molecular flexibility index (Phi) is 5.28. The highest BCUT2D eigenvalue weighted by atomic mass is 19.1. The number of aryl methyl sites for hydroxylation is 1. The summed E-state index contributed by atoms with van der Waals surface area (Å²) in [6.45, 7) is 4.45. The van der Waals surface area contributed by atoms with Crippen molar-refractivity contribution in [2.45, 2.75) is 57.7 Å². The second-order valence-electron chi connectivity index (χ2n) is 8.82. The second kappa shape index (κ2) is 8.12. The highest BCUT2D eigenvalue weighted by Crippen LogP contribution is 2.38. The number of benzene rings is 1. The van der Waals surface area contributed by atoms with Crippen LogP contribution in [0.15, 0.2) is 22.7 Å². The summed E-state index contributed by atoms with van der Waals surface area (Å²) in [6.07, 6.45) is 3.92. The van der Waals surface area contributed by atoms with Crippen molar-refractivity contribution in [2.75, 3.05) is 13.1 Å². The van der Waals surface area contributed by atoms with Gasteiger partial charge in [-0.25, -0.2) is 9.37 Å². The number of aromatic nitrogens is 1. The summed E-state index contributed by atoms with van der Waals surface area (Å²) in [7, 11) is 0. The molecule has 1 aromatic carbocycles. The van der Waals surface area contributed by atoms with Gasteiger partial charge in [-0.15, -0.1) is 0 Å². The van der Waals surface area contributed by atoms with Gasteiger partial charge < -0.3 is 9.32 Å². The average Bonchev–Trinajstić information content (AvgIpc) is 3.31. The number of carbonyl (C=O) groups is 3. The molecule has 168 valence electrons. The highest BCUT2D eigenvalue weighted by molar-refractivity contribution is 6.05. The fourth-order valence-corrected chi connectivity index (χ4v) is 5.12. The Morgan fingerprint density at radius 1 is 1.19 bits per heavy atom. The predicted octanol–water partition coefficient (Wildman–Crippen LogP) is 2.26. The summed E-state index contributed by atoms with van der Waals surface area (Å²) >= 11 is 0. The normalized spacial score (nSPS) is 22.4. The first kappa shape index (κ1) is 20.8. The standard InChI is InChI=1S/C23H25FN4O4/c1-13-25-10-16(32-13)11-27-6-4-14(5-7-27)17-8-15(24)9-18-19(17)12-28(23(18)31)20-2-3-21(29)26-22(20)30/h8-10,14,20H,2-7,11-12H2,1H3,(H,26,29,30). The maximum atomic E-state index is 14.5. The number of amides is 3. The molecule has 2 aromatic rings. The molecule has 3 aliphatic rings. The van der Waals surface area contributed by atoms with Crippen molar-refractivity contribution in [2.24, 2.45) is 0 Å². The van der Waals surface area contributed by atoms with Gasteiger partial charge in [0.25, 0.3) is 5.91 Å². The van der Waals surface area contributed by atoms with Crippen LogP contribution >= 0.6 is 0 Å². The van der Waals surface area contributed by atoms with Gasteiger partial charge in [0.05, 0.1) is 12.7 Å². The quantitative estimate of drug-likeness (QED) is 0.733. The number of carbonyl (C=O) groups excluding carboxylic acids is 3. The second-order valence-corrected chi connectivity index (χ2v) is 8.82. The van der Waals surface area contributed by atoms with Crippen molar-refractivity contribution in [3.8, 4) is 0 Å². The summed E-state index contributed by atoms with van der Waals surface area (Å²) in [6, 6.07) is 2.12. The first-order valence-corrected chi connectivity index (χ1v) is 11.0. The Hall–Kier alpha value is -3.07. The van der Waals surface area contributed by atoms with E-state index in [4.69, 9.17) is 4.42 Å². The third kappa shape index (κ3) is 3.81. The zero-order valence-electron chi connectivity index (χ0n) is 17.9. The van der Waals surface area contributed by atoms with Gasteiger partial charge in [0.2, 0.25) is 11.8 Å². The number of halogens is 1. The fraction of sp³-hybridized carbons (Fsp3) is 0.478. The molecule has 32 heavy (non-hydrogen) atoms. The monoisotopic (exact) mass is 440 g/mol. The van der Waals surface area contributed by atoms with Gasteiger partial charge in [0.1, 0.15) is 17.6 Å². The van der Waals surface area contributed by atoms with E-state index in [1.54, 1.807) is 12.3 Å². The van der Waals surface area contributed by atoms with Gasteiger partial charge in [-0.05, 0) is 61.5 Å². The molecule has 0 spiro atoms. The minimum absolute atomic E-state index is 0.140. The van der Waals surface area contributed by atoms with Crippen LogP contribution in [0.5, 0.6) is 0 Å². The van der Waals surface area contributed by atoms with Crippen LogP contribution < -0.4 is 5.32 Å². The van der Waals surface area contributed by atoms with Crippen LogP contribution in [0, 0.1) is 12.7 Å². The molecule has 1 aromatic heterocycles. The molecule has 1 unspecified atom stereocenters. The van der Waals surface area contributed by atoms with Crippen LogP contribution in [-0.2, 0) is 22.7 Å². The molecule has 1 N–H and O–H groups in total. The maximum absolute atomic E-state index is 14.5. The summed E-state index contributed by atoms with van der Waals surface area (Å²) in [4.78, 5) is 44.7. The number of nitrogens with one attached hydrogen (secondary N) is 1. The van der Waals surface area contributed by atoms with E-state index in [-0.39, 0.29) is 30.7 Å². The van der Waals surface area contributed by atoms with Crippen LogP contribution in [0.4, 0.5) is 4.39 Å². The van der Waals surface area contributed by atoms with Gasteiger partial charge >= 0.3 is 0 Å². The van der Waals surface area contributed by atoms with E-state index in [2.05, 4.69) is 15.2 Å². The average molecular weight is 440 g/mol. The third-order valence-electron chi connectivity index (χ3n) is 6.73. The molecule has 1 atom stereocenters. The van der Waals surface area contributed by atoms with E-state index >= 15 is 0 Å². The molecule has 3 amide bonds. The molecule has 4 heterocycles. The van der Waals surface area contributed by atoms with Crippen LogP contribution in [0.1, 0.15) is 64.7 Å². The molecule has 3 aliphatic heterocycles. The zero-order valence-corrected chi connectivity index (χ0v) is 17.9. The molecular weight excluding hydrogens is 415 g/mol. The third-order valence-corrected chi connectivity index (χ3v) is 6.73. The molecule has 8 nitrogen and oxygen atoms in total. The van der Waals surface area contributed by atoms with Crippen LogP contribution in [0.3, 0.4) is 0 Å². The summed E-state index contributed by atoms with van der Waals surface area (Å²) < 4.78 is 20.1. The number of oxazole rings is 1. The van der Waals surface area contributed by atoms with Crippen molar-refractivity contribution in [1.82, 2.24) is 20.1 Å². The number of piperidine rings is 2. The Morgan fingerprint density at radius 2 is 1.97 bits per heavy atom. The lowest BCUT2D eigenvalue weighted by atomic mass is 9.85. The Balaban J connectivity index is 1.32. The van der Waals surface area contributed by atoms with Crippen LogP contribution in [0.25, 0.3) is 0 Å². The number of imide groups is 1. The lowest BCUT2D eigenvalue weighted by Crippen LogP contribution is -2.52. The van der Waals surface area contributed by atoms with E-state index in [0.717, 1.165) is 42.8 Å². The van der Waals surface area contributed by atoms with Crippen molar-refractivity contribution in [1.29, 1.82) is 0 Å². The predicted molar refractivity (Wildman–Crippen MR) is 111 cm³/mol. The van der Waals surface area contributed by atoms with Crippen LogP contribution in [0.2, 0.25) is 0 Å². The highest BCUT2D eigenvalue weighted by Gasteiger charge is 2.41. The maximum Gasteiger partial charge on any atom is 0.255 e. The van der Waals surface area contributed by atoms with Gasteiger partial charge in [-0.3, -0.25) is 24.6 Å². The summed E-state index contributed by atoms with van der Waals surface area (Å²) in [5, 5.41) is 2.31. The largest absolute Gasteiger partial charge is 0.445 e. The number of rotatable bonds is 4. The molecule has 0 radical (unpaired) electrons. The number of hydrogen-bond donors (Lipinski definition) is 1.